The lowest BCUT2D eigenvalue weighted by Gasteiger charge is -2.26. The monoisotopic (exact) mass is 314 g/mol. The number of aromatic nitrogens is 2. The van der Waals surface area contributed by atoms with Crippen molar-refractivity contribution in [2.24, 2.45) is 0 Å². The first-order chi connectivity index (χ1) is 11.3. The fourth-order valence-electron chi connectivity index (χ4n) is 2.59. The quantitative estimate of drug-likeness (QED) is 0.817. The molecule has 0 atom stereocenters. The van der Waals surface area contributed by atoms with E-state index in [0.717, 1.165) is 45.0 Å². The average molecular weight is 314 g/mol. The van der Waals surface area contributed by atoms with E-state index in [-0.39, 0.29) is 5.91 Å². The fraction of sp³-hybridized carbons (Fsp3) is 0.412. The summed E-state index contributed by atoms with van der Waals surface area (Å²) in [5, 5.41) is 7.20. The zero-order chi connectivity index (χ0) is 15.9. The Hall–Kier alpha value is -2.18. The maximum absolute atomic E-state index is 12.1. The highest BCUT2D eigenvalue weighted by atomic mass is 16.5. The number of ether oxygens (including phenoxy) is 1. The van der Waals surface area contributed by atoms with Gasteiger partial charge in [0.15, 0.2) is 0 Å². The molecule has 6 heteroatoms. The van der Waals surface area contributed by atoms with E-state index >= 15 is 0 Å². The normalized spacial score (nSPS) is 15.5. The number of nitrogens with zero attached hydrogens (tertiary/aromatic N) is 3. The highest BCUT2D eigenvalue weighted by Gasteiger charge is 2.11. The first-order valence-electron chi connectivity index (χ1n) is 8.01. The van der Waals surface area contributed by atoms with Crippen LogP contribution in [0.25, 0.3) is 5.69 Å². The van der Waals surface area contributed by atoms with Crippen LogP contribution < -0.4 is 5.32 Å². The van der Waals surface area contributed by atoms with Crippen LogP contribution >= 0.6 is 0 Å². The van der Waals surface area contributed by atoms with Gasteiger partial charge in [0.25, 0.3) is 5.91 Å². The Morgan fingerprint density at radius 3 is 2.78 bits per heavy atom. The first kappa shape index (κ1) is 15.7. The minimum atomic E-state index is -0.0749. The maximum Gasteiger partial charge on any atom is 0.254 e. The Labute approximate surface area is 136 Å². The highest BCUT2D eigenvalue weighted by molar-refractivity contribution is 5.93. The van der Waals surface area contributed by atoms with Crippen LogP contribution in [0.4, 0.5) is 0 Å². The molecule has 0 spiro atoms. The smallest absolute Gasteiger partial charge is 0.254 e. The fourth-order valence-corrected chi connectivity index (χ4v) is 2.59. The number of carbonyl (C=O) groups excluding carboxylic acids is 1. The molecule has 1 aromatic carbocycles. The molecular formula is C17H22N4O2. The third kappa shape index (κ3) is 4.40. The molecule has 2 aromatic rings. The van der Waals surface area contributed by atoms with E-state index in [4.69, 9.17) is 4.74 Å². The minimum Gasteiger partial charge on any atom is -0.379 e. The minimum absolute atomic E-state index is 0.0749. The molecule has 0 saturated carbocycles. The zero-order valence-electron chi connectivity index (χ0n) is 13.1. The number of nitrogens with one attached hydrogen (secondary N) is 1. The molecule has 122 valence electrons. The Morgan fingerprint density at radius 1 is 1.22 bits per heavy atom. The number of hydrogen-bond acceptors (Lipinski definition) is 4. The number of rotatable bonds is 6. The predicted molar refractivity (Wildman–Crippen MR) is 87.8 cm³/mol. The van der Waals surface area contributed by atoms with Crippen molar-refractivity contribution in [1.29, 1.82) is 0 Å². The van der Waals surface area contributed by atoms with Gasteiger partial charge in [0.05, 0.1) is 30.7 Å². The lowest BCUT2D eigenvalue weighted by molar-refractivity contribution is 0.0374. The van der Waals surface area contributed by atoms with Crippen molar-refractivity contribution in [2.75, 3.05) is 39.4 Å². The summed E-state index contributed by atoms with van der Waals surface area (Å²) in [5.41, 5.74) is 1.53. The van der Waals surface area contributed by atoms with Crippen molar-refractivity contribution in [3.63, 3.8) is 0 Å². The SMILES string of the molecule is O=C(NCCCN1CCOCC1)c1cnn(-c2ccccc2)c1. The second-order valence-corrected chi connectivity index (χ2v) is 5.57. The standard InChI is InChI=1S/C17H22N4O2/c22-17(18-7-4-8-20-9-11-23-12-10-20)15-13-19-21(14-15)16-5-2-1-3-6-16/h1-3,5-6,13-14H,4,7-12H2,(H,18,22). The van der Waals surface area contributed by atoms with Crippen LogP contribution in [0.5, 0.6) is 0 Å². The molecule has 6 nitrogen and oxygen atoms in total. The van der Waals surface area contributed by atoms with Gasteiger partial charge in [0.1, 0.15) is 0 Å². The van der Waals surface area contributed by atoms with Crippen molar-refractivity contribution in [1.82, 2.24) is 20.0 Å². The van der Waals surface area contributed by atoms with E-state index < -0.39 is 0 Å². The summed E-state index contributed by atoms with van der Waals surface area (Å²) in [6.07, 6.45) is 4.30. The van der Waals surface area contributed by atoms with Gasteiger partial charge < -0.3 is 10.1 Å². The Balaban J connectivity index is 1.44. The molecule has 1 aliphatic rings. The van der Waals surface area contributed by atoms with E-state index in [9.17, 15) is 4.79 Å². The van der Waals surface area contributed by atoms with Crippen LogP contribution in [0.1, 0.15) is 16.8 Å². The van der Waals surface area contributed by atoms with Gasteiger partial charge in [-0.3, -0.25) is 9.69 Å². The molecular weight excluding hydrogens is 292 g/mol. The number of benzene rings is 1. The summed E-state index contributed by atoms with van der Waals surface area (Å²) in [4.78, 5) is 14.5. The second kappa shape index (κ2) is 7.89. The van der Waals surface area contributed by atoms with Crippen LogP contribution in [0, 0.1) is 0 Å². The van der Waals surface area contributed by atoms with Crippen molar-refractivity contribution >= 4 is 5.91 Å². The molecule has 3 rings (SSSR count). The van der Waals surface area contributed by atoms with Gasteiger partial charge in [-0.15, -0.1) is 0 Å². The molecule has 1 saturated heterocycles. The van der Waals surface area contributed by atoms with Gasteiger partial charge in [-0.2, -0.15) is 5.10 Å². The van der Waals surface area contributed by atoms with E-state index in [0.29, 0.717) is 12.1 Å². The molecule has 1 amide bonds. The topological polar surface area (TPSA) is 59.4 Å². The second-order valence-electron chi connectivity index (χ2n) is 5.57. The lowest BCUT2D eigenvalue weighted by Crippen LogP contribution is -2.38. The van der Waals surface area contributed by atoms with Gasteiger partial charge in [-0.25, -0.2) is 4.68 Å². The molecule has 0 radical (unpaired) electrons. The summed E-state index contributed by atoms with van der Waals surface area (Å²) in [7, 11) is 0. The molecule has 23 heavy (non-hydrogen) atoms. The Morgan fingerprint density at radius 2 is 2.00 bits per heavy atom. The summed E-state index contributed by atoms with van der Waals surface area (Å²) in [5.74, 6) is -0.0749. The number of para-hydroxylation sites is 1. The van der Waals surface area contributed by atoms with E-state index in [1.54, 1.807) is 17.1 Å². The third-order valence-corrected chi connectivity index (χ3v) is 3.91. The van der Waals surface area contributed by atoms with Gasteiger partial charge in [-0.1, -0.05) is 18.2 Å². The molecule has 0 unspecified atom stereocenters. The molecule has 0 bridgehead atoms. The largest absolute Gasteiger partial charge is 0.379 e. The summed E-state index contributed by atoms with van der Waals surface area (Å²) in [6, 6.07) is 9.76. The van der Waals surface area contributed by atoms with Gasteiger partial charge in [0, 0.05) is 25.8 Å². The van der Waals surface area contributed by atoms with Crippen LogP contribution in [0.2, 0.25) is 0 Å². The van der Waals surface area contributed by atoms with E-state index in [2.05, 4.69) is 15.3 Å². The Kier molecular flexibility index (Phi) is 5.39. The van der Waals surface area contributed by atoms with Gasteiger partial charge >= 0.3 is 0 Å². The average Bonchev–Trinajstić information content (AvgIpc) is 3.10. The Bertz CT molecular complexity index is 621. The summed E-state index contributed by atoms with van der Waals surface area (Å²) in [6.45, 7) is 5.26. The van der Waals surface area contributed by atoms with Crippen molar-refractivity contribution in [3.8, 4) is 5.69 Å². The lowest BCUT2D eigenvalue weighted by atomic mass is 10.3. The molecule has 1 aromatic heterocycles. The third-order valence-electron chi connectivity index (χ3n) is 3.91. The number of amides is 1. The summed E-state index contributed by atoms with van der Waals surface area (Å²) < 4.78 is 7.03. The molecule has 1 N–H and O–H groups in total. The van der Waals surface area contributed by atoms with Gasteiger partial charge in [-0.05, 0) is 25.1 Å². The van der Waals surface area contributed by atoms with Gasteiger partial charge in [0.2, 0.25) is 0 Å². The molecule has 1 aliphatic heterocycles. The van der Waals surface area contributed by atoms with Crippen LogP contribution in [-0.4, -0.2) is 60.0 Å². The maximum atomic E-state index is 12.1. The number of carbonyl (C=O) groups is 1. The molecule has 0 aliphatic carbocycles. The number of hydrogen-bond donors (Lipinski definition) is 1. The van der Waals surface area contributed by atoms with Crippen molar-refractivity contribution in [2.45, 2.75) is 6.42 Å². The van der Waals surface area contributed by atoms with Crippen molar-refractivity contribution < 1.29 is 9.53 Å². The number of morpholine rings is 1. The van der Waals surface area contributed by atoms with Crippen LogP contribution in [0.15, 0.2) is 42.7 Å². The van der Waals surface area contributed by atoms with E-state index in [1.165, 1.54) is 0 Å². The highest BCUT2D eigenvalue weighted by Crippen LogP contribution is 2.07. The predicted octanol–water partition coefficient (Wildman–Crippen LogP) is 1.32. The zero-order valence-corrected chi connectivity index (χ0v) is 13.1. The van der Waals surface area contributed by atoms with E-state index in [1.807, 2.05) is 30.3 Å². The van der Waals surface area contributed by atoms with Crippen molar-refractivity contribution in [3.05, 3.63) is 48.3 Å². The first-order valence-corrected chi connectivity index (χ1v) is 8.01. The summed E-state index contributed by atoms with van der Waals surface area (Å²) >= 11 is 0. The molecule has 2 heterocycles. The molecule has 1 fully saturated rings. The van der Waals surface area contributed by atoms with Crippen LogP contribution in [0.3, 0.4) is 0 Å². The van der Waals surface area contributed by atoms with Crippen LogP contribution in [-0.2, 0) is 4.74 Å².